The summed E-state index contributed by atoms with van der Waals surface area (Å²) < 4.78 is 0. The molecule has 168 valence electrons. The van der Waals surface area contributed by atoms with Crippen LogP contribution in [0.1, 0.15) is 68.6 Å². The Kier molecular flexibility index (Phi) is 5.17. The molecule has 2 aliphatic heterocycles. The summed E-state index contributed by atoms with van der Waals surface area (Å²) in [6, 6.07) is 14.5. The van der Waals surface area contributed by atoms with Crippen LogP contribution in [0.3, 0.4) is 0 Å². The van der Waals surface area contributed by atoms with Gasteiger partial charge in [0.15, 0.2) is 5.78 Å². The van der Waals surface area contributed by atoms with Crippen molar-refractivity contribution >= 4 is 28.9 Å². The highest BCUT2D eigenvalue weighted by molar-refractivity contribution is 6.33. The molecule has 2 bridgehead atoms. The molecule has 1 aromatic heterocycles. The van der Waals surface area contributed by atoms with E-state index in [2.05, 4.69) is 34.9 Å². The van der Waals surface area contributed by atoms with Crippen molar-refractivity contribution < 1.29 is 4.79 Å². The number of aromatic nitrogens is 1. The lowest BCUT2D eigenvalue weighted by Gasteiger charge is -2.47. The van der Waals surface area contributed by atoms with Crippen LogP contribution >= 0.6 is 11.6 Å². The van der Waals surface area contributed by atoms with Crippen molar-refractivity contribution in [3.05, 3.63) is 53.2 Å². The number of nitrogens with zero attached hydrogens (tertiary/aromatic N) is 3. The molecule has 3 unspecified atom stereocenters. The van der Waals surface area contributed by atoms with Crippen molar-refractivity contribution in [1.29, 1.82) is 0 Å². The second-order valence-corrected chi connectivity index (χ2v) is 10.8. The first-order valence-electron chi connectivity index (χ1n) is 12.4. The number of Topliss-reactive ketones (excluding diaryl/α,β-unsaturated/α-hetero) is 1. The molecule has 3 heterocycles. The van der Waals surface area contributed by atoms with Gasteiger partial charge >= 0.3 is 0 Å². The molecule has 2 aromatic rings. The van der Waals surface area contributed by atoms with Gasteiger partial charge in [0.05, 0.1) is 10.7 Å². The topological polar surface area (TPSA) is 36.4 Å². The maximum atomic E-state index is 12.4. The number of pyridine rings is 1. The second-order valence-electron chi connectivity index (χ2n) is 10.4. The fourth-order valence-corrected chi connectivity index (χ4v) is 6.46. The molecule has 0 amide bonds. The molecule has 0 spiro atoms. The number of piperidine rings is 1. The molecule has 1 aromatic carbocycles. The largest absolute Gasteiger partial charge is 0.364 e. The fourth-order valence-electron chi connectivity index (χ4n) is 6.23. The quantitative estimate of drug-likeness (QED) is 0.476. The van der Waals surface area contributed by atoms with Gasteiger partial charge in [0.1, 0.15) is 5.82 Å². The first kappa shape index (κ1) is 20.5. The Morgan fingerprint density at radius 1 is 1.03 bits per heavy atom. The van der Waals surface area contributed by atoms with Crippen LogP contribution in [0.4, 0.5) is 11.5 Å². The minimum Gasteiger partial charge on any atom is -0.364 e. The Labute approximate surface area is 196 Å². The van der Waals surface area contributed by atoms with Crippen molar-refractivity contribution in [2.24, 2.45) is 11.8 Å². The third-order valence-electron chi connectivity index (χ3n) is 8.22. The Morgan fingerprint density at radius 2 is 1.75 bits per heavy atom. The molecule has 2 saturated heterocycles. The summed E-state index contributed by atoms with van der Waals surface area (Å²) in [6.07, 6.45) is 11.3. The zero-order valence-corrected chi connectivity index (χ0v) is 19.5. The summed E-state index contributed by atoms with van der Waals surface area (Å²) in [5.41, 5.74) is 1.98. The molecule has 4 fully saturated rings. The van der Waals surface area contributed by atoms with Crippen LogP contribution in [0.5, 0.6) is 0 Å². The molecule has 4 nitrogen and oxygen atoms in total. The van der Waals surface area contributed by atoms with Crippen LogP contribution in [0.25, 0.3) is 0 Å². The number of anilines is 2. The molecule has 4 aliphatic rings. The fraction of sp³-hybridized carbons (Fsp3) is 0.556. The van der Waals surface area contributed by atoms with Crippen molar-refractivity contribution in [1.82, 2.24) is 4.98 Å². The Bertz CT molecular complexity index is 986. The van der Waals surface area contributed by atoms with E-state index in [1.807, 2.05) is 24.4 Å². The van der Waals surface area contributed by atoms with E-state index in [4.69, 9.17) is 16.6 Å². The first-order chi connectivity index (χ1) is 15.6. The molecule has 0 radical (unpaired) electrons. The molecule has 3 atom stereocenters. The number of rotatable bonds is 7. The number of carbonyl (C=O) groups excluding carboxylic acids is 1. The summed E-state index contributed by atoms with van der Waals surface area (Å²) in [5.74, 6) is 2.36. The summed E-state index contributed by atoms with van der Waals surface area (Å²) in [5, 5.41) is 0.868. The molecular formula is C27H32ClN3O. The number of hydrogen-bond acceptors (Lipinski definition) is 4. The number of para-hydroxylation sites is 1. The normalized spacial score (nSPS) is 27.9. The third-order valence-corrected chi connectivity index (χ3v) is 8.54. The number of benzene rings is 1. The molecular weight excluding hydrogens is 418 g/mol. The number of carbonyl (C=O) groups is 1. The van der Waals surface area contributed by atoms with Crippen LogP contribution in [0.2, 0.25) is 5.02 Å². The maximum absolute atomic E-state index is 12.4. The van der Waals surface area contributed by atoms with E-state index in [0.717, 1.165) is 48.0 Å². The van der Waals surface area contributed by atoms with E-state index >= 15 is 0 Å². The molecule has 6 rings (SSSR count). The van der Waals surface area contributed by atoms with Gasteiger partial charge in [0.2, 0.25) is 0 Å². The smallest absolute Gasteiger partial charge is 0.167 e. The lowest BCUT2D eigenvalue weighted by molar-refractivity contribution is 0.0967. The van der Waals surface area contributed by atoms with E-state index in [9.17, 15) is 4.79 Å². The van der Waals surface area contributed by atoms with Crippen molar-refractivity contribution in [3.8, 4) is 0 Å². The van der Waals surface area contributed by atoms with Gasteiger partial charge in [-0.05, 0) is 88.5 Å². The van der Waals surface area contributed by atoms with E-state index in [1.165, 1.54) is 31.4 Å². The number of fused-ring (bicyclic) bond motifs is 2. The van der Waals surface area contributed by atoms with E-state index in [1.54, 1.807) is 0 Å². The van der Waals surface area contributed by atoms with Crippen LogP contribution in [0, 0.1) is 11.8 Å². The average Bonchev–Trinajstić information content (AvgIpc) is 3.71. The van der Waals surface area contributed by atoms with Gasteiger partial charge in [-0.3, -0.25) is 4.79 Å². The standard InChI is InChI=1S/C27H32ClN3O/c1-17(18-6-7-18)30(25-5-3-2-4-24(25)28)23-14-21-11-12-22(15-23)31(21)26-13-10-20(16-29-26)27(32)19-8-9-19/h2-5,10,13,16-19,21-23H,6-9,11-12,14-15H2,1H3. The van der Waals surface area contributed by atoms with Gasteiger partial charge in [-0.15, -0.1) is 0 Å². The van der Waals surface area contributed by atoms with Gasteiger partial charge in [-0.2, -0.15) is 0 Å². The maximum Gasteiger partial charge on any atom is 0.167 e. The SMILES string of the molecule is CC(C1CC1)N(c1ccccc1Cl)C1CC2CCC(C1)N2c1ccc(C(=O)C2CC2)cn1. The molecule has 0 N–H and O–H groups in total. The highest BCUT2D eigenvalue weighted by Gasteiger charge is 2.45. The lowest BCUT2D eigenvalue weighted by atomic mass is 9.93. The summed E-state index contributed by atoms with van der Waals surface area (Å²) in [4.78, 5) is 22.3. The van der Waals surface area contributed by atoms with Gasteiger partial charge in [0.25, 0.3) is 0 Å². The first-order valence-corrected chi connectivity index (χ1v) is 12.8. The van der Waals surface area contributed by atoms with Crippen molar-refractivity contribution in [2.75, 3.05) is 9.80 Å². The minimum absolute atomic E-state index is 0.249. The highest BCUT2D eigenvalue weighted by Crippen LogP contribution is 2.45. The number of ketones is 1. The van der Waals surface area contributed by atoms with Gasteiger partial charge in [-0.25, -0.2) is 4.98 Å². The predicted molar refractivity (Wildman–Crippen MR) is 130 cm³/mol. The average molecular weight is 450 g/mol. The van der Waals surface area contributed by atoms with Crippen LogP contribution in [-0.2, 0) is 0 Å². The highest BCUT2D eigenvalue weighted by atomic mass is 35.5. The van der Waals surface area contributed by atoms with E-state index < -0.39 is 0 Å². The Hall–Kier alpha value is -2.07. The Morgan fingerprint density at radius 3 is 2.34 bits per heavy atom. The van der Waals surface area contributed by atoms with Gasteiger partial charge in [-0.1, -0.05) is 23.7 Å². The van der Waals surface area contributed by atoms with Crippen LogP contribution in [0.15, 0.2) is 42.6 Å². The van der Waals surface area contributed by atoms with Gasteiger partial charge in [0, 0.05) is 41.8 Å². The molecule has 5 heteroatoms. The Balaban J connectivity index is 1.23. The third kappa shape index (κ3) is 3.71. The predicted octanol–water partition coefficient (Wildman–Crippen LogP) is 6.13. The minimum atomic E-state index is 0.249. The monoisotopic (exact) mass is 449 g/mol. The van der Waals surface area contributed by atoms with Crippen molar-refractivity contribution in [3.63, 3.8) is 0 Å². The van der Waals surface area contributed by atoms with Crippen LogP contribution in [-0.4, -0.2) is 34.9 Å². The van der Waals surface area contributed by atoms with E-state index in [-0.39, 0.29) is 11.7 Å². The lowest BCUT2D eigenvalue weighted by Crippen LogP contribution is -2.53. The number of hydrogen-bond donors (Lipinski definition) is 0. The van der Waals surface area contributed by atoms with Crippen LogP contribution < -0.4 is 9.80 Å². The number of halogens is 1. The summed E-state index contributed by atoms with van der Waals surface area (Å²) >= 11 is 6.70. The zero-order chi connectivity index (χ0) is 21.8. The second kappa shape index (κ2) is 8.06. The van der Waals surface area contributed by atoms with Gasteiger partial charge < -0.3 is 9.80 Å². The molecule has 2 aliphatic carbocycles. The molecule has 2 saturated carbocycles. The van der Waals surface area contributed by atoms with Crippen molar-refractivity contribution in [2.45, 2.75) is 82.5 Å². The summed E-state index contributed by atoms with van der Waals surface area (Å²) in [6.45, 7) is 2.40. The van der Waals surface area contributed by atoms with E-state index in [0.29, 0.717) is 24.2 Å². The summed E-state index contributed by atoms with van der Waals surface area (Å²) in [7, 11) is 0. The zero-order valence-electron chi connectivity index (χ0n) is 18.8. The molecule has 32 heavy (non-hydrogen) atoms.